The van der Waals surface area contributed by atoms with Crippen molar-refractivity contribution in [3.63, 3.8) is 0 Å². The van der Waals surface area contributed by atoms with E-state index in [1.165, 1.54) is 10.7 Å². The Morgan fingerprint density at radius 2 is 1.73 bits per heavy atom. The number of halogens is 2. The van der Waals surface area contributed by atoms with Gasteiger partial charge in [-0.3, -0.25) is 9.59 Å². The summed E-state index contributed by atoms with van der Waals surface area (Å²) in [6.45, 7) is 1.75. The predicted molar refractivity (Wildman–Crippen MR) is 109 cm³/mol. The number of anilines is 1. The normalized spacial score (nSPS) is 10.6. The molecule has 7 heteroatoms. The lowest BCUT2D eigenvalue weighted by molar-refractivity contribution is -0.117. The Bertz CT molecular complexity index is 1010. The van der Waals surface area contributed by atoms with Crippen LogP contribution in [0.25, 0.3) is 11.3 Å². The zero-order chi connectivity index (χ0) is 18.7. The van der Waals surface area contributed by atoms with E-state index in [0.29, 0.717) is 11.4 Å². The van der Waals surface area contributed by atoms with Crippen molar-refractivity contribution in [3.8, 4) is 11.3 Å². The van der Waals surface area contributed by atoms with Crippen LogP contribution >= 0.6 is 31.9 Å². The minimum atomic E-state index is -0.325. The first-order chi connectivity index (χ1) is 12.4. The highest BCUT2D eigenvalue weighted by atomic mass is 79.9. The monoisotopic (exact) mass is 475 g/mol. The van der Waals surface area contributed by atoms with Gasteiger partial charge in [-0.05, 0) is 48.9 Å². The Morgan fingerprint density at radius 1 is 1.04 bits per heavy atom. The van der Waals surface area contributed by atoms with E-state index < -0.39 is 0 Å². The summed E-state index contributed by atoms with van der Waals surface area (Å²) in [7, 11) is 0. The molecule has 26 heavy (non-hydrogen) atoms. The van der Waals surface area contributed by atoms with E-state index in [1.807, 2.05) is 49.4 Å². The number of nitrogens with one attached hydrogen (secondary N) is 1. The molecule has 1 aromatic heterocycles. The molecule has 0 saturated carbocycles. The number of aryl methyl sites for hydroxylation is 1. The SMILES string of the molecule is Cc1cc(Br)ccc1NC(=O)Cn1nc(-c2ccc(Br)cc2)ccc1=O. The molecule has 0 saturated heterocycles. The lowest BCUT2D eigenvalue weighted by Gasteiger charge is -2.10. The number of rotatable bonds is 4. The molecule has 0 fully saturated rings. The van der Waals surface area contributed by atoms with E-state index in [-0.39, 0.29) is 18.0 Å². The van der Waals surface area contributed by atoms with Crippen molar-refractivity contribution in [2.24, 2.45) is 0 Å². The highest BCUT2D eigenvalue weighted by Crippen LogP contribution is 2.20. The summed E-state index contributed by atoms with van der Waals surface area (Å²) >= 11 is 6.78. The molecule has 2 aromatic carbocycles. The van der Waals surface area contributed by atoms with Crippen molar-refractivity contribution in [2.75, 3.05) is 5.32 Å². The Hall–Kier alpha value is -2.25. The second-order valence-electron chi connectivity index (χ2n) is 5.73. The molecule has 3 rings (SSSR count). The van der Waals surface area contributed by atoms with Crippen molar-refractivity contribution in [3.05, 3.63) is 79.5 Å². The van der Waals surface area contributed by atoms with Crippen LogP contribution in [0.15, 0.2) is 68.3 Å². The number of amides is 1. The molecule has 132 valence electrons. The second kappa shape index (κ2) is 7.97. The molecule has 5 nitrogen and oxygen atoms in total. The lowest BCUT2D eigenvalue weighted by atomic mass is 10.1. The maximum absolute atomic E-state index is 12.3. The Balaban J connectivity index is 1.80. The summed E-state index contributed by atoms with van der Waals surface area (Å²) < 4.78 is 3.06. The number of hydrogen-bond acceptors (Lipinski definition) is 3. The van der Waals surface area contributed by atoms with Gasteiger partial charge in [-0.15, -0.1) is 0 Å². The third-order valence-electron chi connectivity index (χ3n) is 3.76. The summed E-state index contributed by atoms with van der Waals surface area (Å²) in [5, 5.41) is 7.13. The van der Waals surface area contributed by atoms with Crippen LogP contribution in [0.1, 0.15) is 5.56 Å². The van der Waals surface area contributed by atoms with Gasteiger partial charge in [0.25, 0.3) is 5.56 Å². The average Bonchev–Trinajstić information content (AvgIpc) is 2.60. The van der Waals surface area contributed by atoms with Gasteiger partial charge in [0, 0.05) is 26.3 Å². The van der Waals surface area contributed by atoms with E-state index in [9.17, 15) is 9.59 Å². The van der Waals surface area contributed by atoms with Crippen molar-refractivity contribution >= 4 is 43.5 Å². The fraction of sp³-hybridized carbons (Fsp3) is 0.105. The second-order valence-corrected chi connectivity index (χ2v) is 7.56. The molecule has 3 aromatic rings. The maximum Gasteiger partial charge on any atom is 0.267 e. The minimum Gasteiger partial charge on any atom is -0.324 e. The van der Waals surface area contributed by atoms with Crippen molar-refractivity contribution in [1.29, 1.82) is 0 Å². The summed E-state index contributed by atoms with van der Waals surface area (Å²) in [6.07, 6.45) is 0. The van der Waals surface area contributed by atoms with Gasteiger partial charge in [-0.25, -0.2) is 4.68 Å². The highest BCUT2D eigenvalue weighted by Gasteiger charge is 2.10. The first-order valence-corrected chi connectivity index (χ1v) is 9.41. The Kier molecular flexibility index (Phi) is 5.68. The van der Waals surface area contributed by atoms with Crippen LogP contribution in [0, 0.1) is 6.92 Å². The van der Waals surface area contributed by atoms with Gasteiger partial charge in [0.1, 0.15) is 6.54 Å². The van der Waals surface area contributed by atoms with Crippen LogP contribution < -0.4 is 10.9 Å². The quantitative estimate of drug-likeness (QED) is 0.607. The van der Waals surface area contributed by atoms with E-state index in [1.54, 1.807) is 6.07 Å². The number of hydrogen-bond donors (Lipinski definition) is 1. The topological polar surface area (TPSA) is 64.0 Å². The average molecular weight is 477 g/mol. The standard InChI is InChI=1S/C19H15Br2N3O2/c1-12-10-15(21)6-7-16(12)22-18(25)11-24-19(26)9-8-17(23-24)13-2-4-14(20)5-3-13/h2-10H,11H2,1H3,(H,22,25). The van der Waals surface area contributed by atoms with E-state index in [2.05, 4.69) is 42.3 Å². The van der Waals surface area contributed by atoms with Gasteiger partial charge < -0.3 is 5.32 Å². The molecular weight excluding hydrogens is 462 g/mol. The zero-order valence-electron chi connectivity index (χ0n) is 13.9. The molecule has 0 aliphatic rings. The van der Waals surface area contributed by atoms with Crippen LogP contribution in [0.3, 0.4) is 0 Å². The molecule has 0 unspecified atom stereocenters. The van der Waals surface area contributed by atoms with Crippen LogP contribution in [0.5, 0.6) is 0 Å². The zero-order valence-corrected chi connectivity index (χ0v) is 17.0. The molecule has 1 amide bonds. The third kappa shape index (κ3) is 4.47. The van der Waals surface area contributed by atoms with Gasteiger partial charge in [0.15, 0.2) is 0 Å². The van der Waals surface area contributed by atoms with Gasteiger partial charge in [0.2, 0.25) is 5.91 Å². The Labute approximate surface area is 167 Å². The summed E-state index contributed by atoms with van der Waals surface area (Å²) in [4.78, 5) is 24.4. The van der Waals surface area contributed by atoms with Crippen LogP contribution in [-0.4, -0.2) is 15.7 Å². The molecule has 0 atom stereocenters. The minimum absolute atomic E-state index is 0.154. The fourth-order valence-corrected chi connectivity index (χ4v) is 3.17. The van der Waals surface area contributed by atoms with Crippen LogP contribution in [-0.2, 0) is 11.3 Å². The van der Waals surface area contributed by atoms with E-state index in [0.717, 1.165) is 20.1 Å². The number of nitrogens with zero attached hydrogens (tertiary/aromatic N) is 2. The summed E-state index contributed by atoms with van der Waals surface area (Å²) in [5.41, 5.74) is 2.80. The largest absolute Gasteiger partial charge is 0.324 e. The summed E-state index contributed by atoms with van der Waals surface area (Å²) in [5.74, 6) is -0.307. The van der Waals surface area contributed by atoms with Crippen molar-refractivity contribution in [1.82, 2.24) is 9.78 Å². The Morgan fingerprint density at radius 3 is 2.42 bits per heavy atom. The molecule has 0 radical (unpaired) electrons. The predicted octanol–water partition coefficient (Wildman–Crippen LogP) is 4.38. The first kappa shape index (κ1) is 18.5. The van der Waals surface area contributed by atoms with Gasteiger partial charge in [-0.1, -0.05) is 44.0 Å². The van der Waals surface area contributed by atoms with Gasteiger partial charge in [0.05, 0.1) is 5.69 Å². The van der Waals surface area contributed by atoms with Crippen LogP contribution in [0.2, 0.25) is 0 Å². The molecular formula is C19H15Br2N3O2. The summed E-state index contributed by atoms with van der Waals surface area (Å²) in [6, 6.07) is 16.2. The van der Waals surface area contributed by atoms with Crippen molar-refractivity contribution < 1.29 is 4.79 Å². The van der Waals surface area contributed by atoms with Gasteiger partial charge in [-0.2, -0.15) is 5.10 Å². The van der Waals surface area contributed by atoms with Gasteiger partial charge >= 0.3 is 0 Å². The fourth-order valence-electron chi connectivity index (χ4n) is 2.43. The molecule has 0 aliphatic heterocycles. The molecule has 1 N–H and O–H groups in total. The number of benzene rings is 2. The van der Waals surface area contributed by atoms with Crippen molar-refractivity contribution in [2.45, 2.75) is 13.5 Å². The molecule has 1 heterocycles. The van der Waals surface area contributed by atoms with Crippen LogP contribution in [0.4, 0.5) is 5.69 Å². The smallest absolute Gasteiger partial charge is 0.267 e. The molecule has 0 aliphatic carbocycles. The molecule has 0 bridgehead atoms. The number of aromatic nitrogens is 2. The lowest BCUT2D eigenvalue weighted by Crippen LogP contribution is -2.29. The van der Waals surface area contributed by atoms with E-state index >= 15 is 0 Å². The maximum atomic E-state index is 12.3. The van der Waals surface area contributed by atoms with E-state index in [4.69, 9.17) is 0 Å². The number of carbonyl (C=O) groups is 1. The third-order valence-corrected chi connectivity index (χ3v) is 4.78. The number of carbonyl (C=O) groups excluding carboxylic acids is 1. The molecule has 0 spiro atoms. The highest BCUT2D eigenvalue weighted by molar-refractivity contribution is 9.10. The first-order valence-electron chi connectivity index (χ1n) is 7.82.